The summed E-state index contributed by atoms with van der Waals surface area (Å²) in [6.45, 7) is 4.19. The van der Waals surface area contributed by atoms with Gasteiger partial charge in [0.05, 0.1) is 17.8 Å². The Hall–Kier alpha value is -2.09. The number of rotatable bonds is 8. The lowest BCUT2D eigenvalue weighted by Crippen LogP contribution is -2.27. The highest BCUT2D eigenvalue weighted by Crippen LogP contribution is 2.32. The van der Waals surface area contributed by atoms with Crippen molar-refractivity contribution >= 4 is 0 Å². The summed E-state index contributed by atoms with van der Waals surface area (Å²) >= 11 is 0. The fourth-order valence-corrected chi connectivity index (χ4v) is 4.50. The lowest BCUT2D eigenvalue weighted by molar-refractivity contribution is -0.137. The Bertz CT molecular complexity index is 823. The van der Waals surface area contributed by atoms with Crippen LogP contribution in [-0.4, -0.2) is 46.0 Å². The third-order valence-corrected chi connectivity index (χ3v) is 6.21. The number of halogens is 3. The van der Waals surface area contributed by atoms with Crippen molar-refractivity contribution in [2.45, 2.75) is 44.6 Å². The van der Waals surface area contributed by atoms with Crippen molar-refractivity contribution in [1.29, 1.82) is 0 Å². The first kappa shape index (κ1) is 23.6. The molecule has 0 amide bonds. The summed E-state index contributed by atoms with van der Waals surface area (Å²) in [6, 6.07) is 11.5. The van der Waals surface area contributed by atoms with Crippen molar-refractivity contribution in [2.75, 3.05) is 19.6 Å². The Morgan fingerprint density at radius 2 is 1.58 bits per heavy atom. The van der Waals surface area contributed by atoms with Crippen LogP contribution < -0.4 is 0 Å². The van der Waals surface area contributed by atoms with Crippen LogP contribution in [0.5, 0.6) is 5.75 Å². The normalized spacial score (nSPS) is 21.9. The van der Waals surface area contributed by atoms with E-state index in [0.717, 1.165) is 37.2 Å². The number of benzene rings is 2. The number of hydrogen-bond donors (Lipinski definition) is 3. The van der Waals surface area contributed by atoms with Crippen LogP contribution in [-0.2, 0) is 12.6 Å². The van der Waals surface area contributed by atoms with Crippen LogP contribution in [0.15, 0.2) is 48.5 Å². The quantitative estimate of drug-likeness (QED) is 0.573. The highest BCUT2D eigenvalue weighted by molar-refractivity contribution is 5.27. The molecule has 3 rings (SSSR count). The number of β-amino-alcohol motifs (C(OH)–C–C–N with tert-alkyl or cyclic N) is 1. The SMILES string of the molecule is CC[C@@H]1CN(CC(O)c2ccc(O)cc2)C[C@@H]1C[C@H](O)Cc1ccc(C(F)(F)F)cc1. The van der Waals surface area contributed by atoms with E-state index in [4.69, 9.17) is 0 Å². The molecule has 3 N–H and O–H groups in total. The molecule has 31 heavy (non-hydrogen) atoms. The van der Waals surface area contributed by atoms with Crippen LogP contribution in [0.2, 0.25) is 0 Å². The third kappa shape index (κ3) is 6.45. The molecule has 0 aliphatic carbocycles. The van der Waals surface area contributed by atoms with Crippen LogP contribution in [0.1, 0.15) is 42.6 Å². The second-order valence-electron chi connectivity index (χ2n) is 8.54. The Morgan fingerprint density at radius 3 is 2.16 bits per heavy atom. The summed E-state index contributed by atoms with van der Waals surface area (Å²) in [7, 11) is 0. The van der Waals surface area contributed by atoms with Gasteiger partial charge >= 0.3 is 6.18 Å². The molecule has 0 saturated carbocycles. The summed E-state index contributed by atoms with van der Waals surface area (Å²) < 4.78 is 38.1. The van der Waals surface area contributed by atoms with Gasteiger partial charge in [0.1, 0.15) is 5.75 Å². The van der Waals surface area contributed by atoms with E-state index in [2.05, 4.69) is 11.8 Å². The maximum atomic E-state index is 12.7. The molecule has 0 bridgehead atoms. The van der Waals surface area contributed by atoms with Gasteiger partial charge in [0.2, 0.25) is 0 Å². The van der Waals surface area contributed by atoms with E-state index in [-0.39, 0.29) is 11.7 Å². The van der Waals surface area contributed by atoms with Gasteiger partial charge < -0.3 is 15.3 Å². The van der Waals surface area contributed by atoms with Crippen molar-refractivity contribution in [3.63, 3.8) is 0 Å². The molecule has 4 atom stereocenters. The van der Waals surface area contributed by atoms with E-state index in [1.165, 1.54) is 12.1 Å². The van der Waals surface area contributed by atoms with E-state index < -0.39 is 23.9 Å². The molecule has 2 aromatic rings. The number of phenols is 1. The van der Waals surface area contributed by atoms with Crippen molar-refractivity contribution in [1.82, 2.24) is 4.90 Å². The van der Waals surface area contributed by atoms with Gasteiger partial charge in [0, 0.05) is 19.6 Å². The Kier molecular flexibility index (Phi) is 7.62. The second kappa shape index (κ2) is 10.0. The standard InChI is InChI=1S/C24H30F3NO3/c1-2-17-13-28(15-23(31)18-5-9-21(29)10-6-18)14-19(17)12-22(30)11-16-3-7-20(8-4-16)24(25,26)27/h3-10,17,19,22-23,29-31H,2,11-15H2,1H3/t17-,19+,22-,23?/m1/s1. The van der Waals surface area contributed by atoms with Gasteiger partial charge in [0.25, 0.3) is 0 Å². The summed E-state index contributed by atoms with van der Waals surface area (Å²) in [5, 5.41) is 30.5. The lowest BCUT2D eigenvalue weighted by Gasteiger charge is -2.21. The predicted octanol–water partition coefficient (Wildman–Crippen LogP) is 4.40. The first-order chi connectivity index (χ1) is 14.7. The molecule has 1 aliphatic heterocycles. The number of hydrogen-bond acceptors (Lipinski definition) is 4. The summed E-state index contributed by atoms with van der Waals surface area (Å²) in [6.07, 6.45) is -3.79. The fourth-order valence-electron chi connectivity index (χ4n) is 4.50. The van der Waals surface area contributed by atoms with Gasteiger partial charge in [-0.3, -0.25) is 4.90 Å². The summed E-state index contributed by atoms with van der Waals surface area (Å²) in [5.41, 5.74) is 0.748. The van der Waals surface area contributed by atoms with Crippen molar-refractivity contribution < 1.29 is 28.5 Å². The van der Waals surface area contributed by atoms with E-state index in [1.54, 1.807) is 24.3 Å². The third-order valence-electron chi connectivity index (χ3n) is 6.21. The predicted molar refractivity (Wildman–Crippen MR) is 113 cm³/mol. The number of aromatic hydroxyl groups is 1. The second-order valence-corrected chi connectivity index (χ2v) is 8.54. The molecule has 4 nitrogen and oxygen atoms in total. The summed E-state index contributed by atoms with van der Waals surface area (Å²) in [5.74, 6) is 0.820. The minimum Gasteiger partial charge on any atom is -0.508 e. The fraction of sp³-hybridized carbons (Fsp3) is 0.500. The van der Waals surface area contributed by atoms with Crippen molar-refractivity contribution in [2.24, 2.45) is 11.8 Å². The van der Waals surface area contributed by atoms with Crippen LogP contribution in [0.25, 0.3) is 0 Å². The van der Waals surface area contributed by atoms with Gasteiger partial charge in [-0.1, -0.05) is 37.6 Å². The Morgan fingerprint density at radius 1 is 0.968 bits per heavy atom. The van der Waals surface area contributed by atoms with Gasteiger partial charge in [-0.2, -0.15) is 13.2 Å². The molecule has 1 saturated heterocycles. The molecule has 7 heteroatoms. The van der Waals surface area contributed by atoms with E-state index in [9.17, 15) is 28.5 Å². The van der Waals surface area contributed by atoms with E-state index in [1.807, 2.05) is 0 Å². The molecule has 0 radical (unpaired) electrons. The van der Waals surface area contributed by atoms with Gasteiger partial charge in [-0.15, -0.1) is 0 Å². The number of aliphatic hydroxyl groups excluding tert-OH is 2. The monoisotopic (exact) mass is 437 g/mol. The molecule has 0 aromatic heterocycles. The molecule has 1 heterocycles. The Balaban J connectivity index is 1.53. The highest BCUT2D eigenvalue weighted by atomic mass is 19.4. The first-order valence-corrected chi connectivity index (χ1v) is 10.7. The van der Waals surface area contributed by atoms with Crippen LogP contribution in [0.3, 0.4) is 0 Å². The number of phenolic OH excluding ortho intramolecular Hbond substituents is 1. The van der Waals surface area contributed by atoms with Crippen LogP contribution in [0, 0.1) is 11.8 Å². The molecule has 170 valence electrons. The first-order valence-electron chi connectivity index (χ1n) is 10.7. The van der Waals surface area contributed by atoms with E-state index >= 15 is 0 Å². The molecule has 1 unspecified atom stereocenters. The minimum atomic E-state index is -4.36. The van der Waals surface area contributed by atoms with Crippen molar-refractivity contribution in [3.05, 3.63) is 65.2 Å². The zero-order valence-corrected chi connectivity index (χ0v) is 17.6. The van der Waals surface area contributed by atoms with E-state index in [0.29, 0.717) is 30.9 Å². The average molecular weight is 438 g/mol. The maximum absolute atomic E-state index is 12.7. The number of likely N-dealkylation sites (tertiary alicyclic amines) is 1. The zero-order chi connectivity index (χ0) is 22.6. The van der Waals surface area contributed by atoms with Crippen molar-refractivity contribution in [3.8, 4) is 5.75 Å². The smallest absolute Gasteiger partial charge is 0.416 e. The largest absolute Gasteiger partial charge is 0.508 e. The number of alkyl halides is 3. The maximum Gasteiger partial charge on any atom is 0.416 e. The minimum absolute atomic E-state index is 0.158. The lowest BCUT2D eigenvalue weighted by atomic mass is 9.87. The summed E-state index contributed by atoms with van der Waals surface area (Å²) in [4.78, 5) is 2.20. The zero-order valence-electron chi connectivity index (χ0n) is 17.6. The molecule has 0 spiro atoms. The highest BCUT2D eigenvalue weighted by Gasteiger charge is 2.34. The van der Waals surface area contributed by atoms with Crippen LogP contribution in [0.4, 0.5) is 13.2 Å². The molecule has 2 aromatic carbocycles. The molecule has 1 aliphatic rings. The average Bonchev–Trinajstić information content (AvgIpc) is 3.09. The molecular formula is C24H30F3NO3. The van der Waals surface area contributed by atoms with Crippen LogP contribution >= 0.6 is 0 Å². The number of nitrogens with zero attached hydrogens (tertiary/aromatic N) is 1. The Labute approximate surface area is 181 Å². The van der Waals surface area contributed by atoms with Gasteiger partial charge in [-0.25, -0.2) is 0 Å². The molecule has 1 fully saturated rings. The molecular weight excluding hydrogens is 407 g/mol. The van der Waals surface area contributed by atoms with Gasteiger partial charge in [-0.05, 0) is 60.1 Å². The topological polar surface area (TPSA) is 63.9 Å². The number of aliphatic hydroxyl groups is 2. The van der Waals surface area contributed by atoms with Gasteiger partial charge in [0.15, 0.2) is 0 Å².